The van der Waals surface area contributed by atoms with E-state index < -0.39 is 0 Å². The second kappa shape index (κ2) is 4.85. The van der Waals surface area contributed by atoms with Gasteiger partial charge in [-0.3, -0.25) is 4.79 Å². The van der Waals surface area contributed by atoms with Crippen LogP contribution in [0.2, 0.25) is 5.15 Å². The van der Waals surface area contributed by atoms with Gasteiger partial charge in [0.2, 0.25) is 0 Å². The van der Waals surface area contributed by atoms with Crippen LogP contribution in [-0.4, -0.2) is 27.5 Å². The largest absolute Gasteiger partial charge is 0.466 e. The van der Waals surface area contributed by atoms with Gasteiger partial charge in [0.15, 0.2) is 4.77 Å². The molecule has 0 radical (unpaired) electrons. The van der Waals surface area contributed by atoms with E-state index in [1.807, 2.05) is 0 Å². The van der Waals surface area contributed by atoms with Gasteiger partial charge in [-0.05, 0) is 17.8 Å². The lowest BCUT2D eigenvalue weighted by molar-refractivity contribution is -0.140. The fraction of sp³-hybridized carbons (Fsp3) is 0.300. The molecule has 2 aromatic rings. The first-order chi connectivity index (χ1) is 8.08. The zero-order valence-electron chi connectivity index (χ0n) is 9.04. The van der Waals surface area contributed by atoms with E-state index in [4.69, 9.17) is 28.6 Å². The summed E-state index contributed by atoms with van der Waals surface area (Å²) in [6.45, 7) is 1.69. The molecule has 2 aromatic heterocycles. The maximum absolute atomic E-state index is 10.7. The Kier molecular flexibility index (Phi) is 3.44. The maximum Gasteiger partial charge on any atom is 0.302 e. The molecule has 0 aliphatic heterocycles. The molecule has 2 rings (SSSR count). The lowest BCUT2D eigenvalue weighted by Crippen LogP contribution is -2.03. The lowest BCUT2D eigenvalue weighted by Gasteiger charge is -2.01. The van der Waals surface area contributed by atoms with Crippen molar-refractivity contribution in [3.63, 3.8) is 0 Å². The molecule has 0 saturated carbocycles. The fourth-order valence-electron chi connectivity index (χ4n) is 1.57. The maximum atomic E-state index is 10.7. The molecule has 0 saturated heterocycles. The number of aromatic nitrogens is 3. The Bertz CT molecular complexity index is 620. The van der Waals surface area contributed by atoms with Gasteiger partial charge in [-0.25, -0.2) is 4.98 Å². The average Bonchev–Trinajstić information content (AvgIpc) is 2.60. The summed E-state index contributed by atoms with van der Waals surface area (Å²) in [7, 11) is 0. The summed E-state index contributed by atoms with van der Waals surface area (Å²) in [5.74, 6) is -0.298. The van der Waals surface area contributed by atoms with Crippen LogP contribution in [-0.2, 0) is 16.0 Å². The van der Waals surface area contributed by atoms with Crippen molar-refractivity contribution < 1.29 is 9.53 Å². The highest BCUT2D eigenvalue weighted by molar-refractivity contribution is 7.71. The summed E-state index contributed by atoms with van der Waals surface area (Å²) in [4.78, 5) is 20.5. The number of hydrogen-bond donors (Lipinski definition) is 2. The predicted molar refractivity (Wildman–Crippen MR) is 66.6 cm³/mol. The van der Waals surface area contributed by atoms with Gasteiger partial charge in [-0.2, -0.15) is 0 Å². The predicted octanol–water partition coefficient (Wildman–Crippen LogP) is 2.38. The van der Waals surface area contributed by atoms with Crippen LogP contribution >= 0.6 is 23.8 Å². The monoisotopic (exact) mass is 271 g/mol. The smallest absolute Gasteiger partial charge is 0.302 e. The Hall–Kier alpha value is -1.40. The molecule has 0 unspecified atom stereocenters. The molecular weight excluding hydrogens is 262 g/mol. The van der Waals surface area contributed by atoms with E-state index in [2.05, 4.69) is 15.0 Å². The van der Waals surface area contributed by atoms with Crippen molar-refractivity contribution in [3.8, 4) is 0 Å². The van der Waals surface area contributed by atoms with Crippen molar-refractivity contribution in [2.45, 2.75) is 13.3 Å². The van der Waals surface area contributed by atoms with Crippen LogP contribution in [0.15, 0.2) is 6.20 Å². The zero-order chi connectivity index (χ0) is 12.4. The SMILES string of the molecule is CC(=O)OCCc1c[nH]c2nc(=S)[nH]c(Cl)c12. The normalized spacial score (nSPS) is 10.7. The van der Waals surface area contributed by atoms with Crippen molar-refractivity contribution in [2.24, 2.45) is 0 Å². The molecule has 0 aliphatic carbocycles. The fourth-order valence-corrected chi connectivity index (χ4v) is 2.12. The van der Waals surface area contributed by atoms with Crippen molar-refractivity contribution in [2.75, 3.05) is 6.61 Å². The lowest BCUT2D eigenvalue weighted by atomic mass is 10.2. The number of carbonyl (C=O) groups excluding carboxylic acids is 1. The van der Waals surface area contributed by atoms with E-state index in [1.165, 1.54) is 6.92 Å². The van der Waals surface area contributed by atoms with Crippen molar-refractivity contribution in [1.82, 2.24) is 15.0 Å². The minimum Gasteiger partial charge on any atom is -0.466 e. The zero-order valence-corrected chi connectivity index (χ0v) is 10.6. The second-order valence-corrected chi connectivity index (χ2v) is 4.25. The Morgan fingerprint density at radius 2 is 2.41 bits per heavy atom. The van der Waals surface area contributed by atoms with Crippen molar-refractivity contribution >= 4 is 40.8 Å². The van der Waals surface area contributed by atoms with Gasteiger partial charge < -0.3 is 14.7 Å². The van der Waals surface area contributed by atoms with Crippen molar-refractivity contribution in [3.05, 3.63) is 21.7 Å². The molecule has 0 bridgehead atoms. The Labute approximate surface area is 107 Å². The number of aromatic amines is 2. The standard InChI is InChI=1S/C10H10ClN3O2S/c1-5(15)16-3-2-6-4-12-9-7(6)8(11)13-10(17)14-9/h4H,2-3H2,1H3,(H2,12,13,14,17). The molecular formula is C10H10ClN3O2S. The summed E-state index contributed by atoms with van der Waals surface area (Å²) in [6, 6.07) is 0. The van der Waals surface area contributed by atoms with Gasteiger partial charge in [0.05, 0.1) is 12.0 Å². The third-order valence-corrected chi connectivity index (χ3v) is 2.74. The number of nitrogens with zero attached hydrogens (tertiary/aromatic N) is 1. The van der Waals surface area contributed by atoms with Crippen LogP contribution in [0.4, 0.5) is 0 Å². The Morgan fingerprint density at radius 3 is 3.12 bits per heavy atom. The molecule has 0 amide bonds. The molecule has 2 heterocycles. The summed E-state index contributed by atoms with van der Waals surface area (Å²) in [5, 5.41) is 1.23. The molecule has 2 N–H and O–H groups in total. The average molecular weight is 272 g/mol. The number of ether oxygens (including phenoxy) is 1. The van der Waals surface area contributed by atoms with Gasteiger partial charge in [-0.15, -0.1) is 0 Å². The third kappa shape index (κ3) is 2.65. The molecule has 5 nitrogen and oxygen atoms in total. The minimum absolute atomic E-state index is 0.298. The number of H-pyrrole nitrogens is 2. The number of hydrogen-bond acceptors (Lipinski definition) is 4. The first-order valence-electron chi connectivity index (χ1n) is 4.97. The number of esters is 1. The molecule has 90 valence electrons. The van der Waals surface area contributed by atoms with E-state index in [0.717, 1.165) is 10.9 Å². The molecule has 17 heavy (non-hydrogen) atoms. The van der Waals surface area contributed by atoms with Crippen LogP contribution in [0.3, 0.4) is 0 Å². The number of nitrogens with one attached hydrogen (secondary N) is 2. The van der Waals surface area contributed by atoms with Crippen LogP contribution in [0.1, 0.15) is 12.5 Å². The van der Waals surface area contributed by atoms with Gasteiger partial charge in [0.1, 0.15) is 10.8 Å². The molecule has 0 fully saturated rings. The summed E-state index contributed by atoms with van der Waals surface area (Å²) >= 11 is 11.0. The van der Waals surface area contributed by atoms with Gasteiger partial charge >= 0.3 is 5.97 Å². The highest BCUT2D eigenvalue weighted by Crippen LogP contribution is 2.23. The molecule has 0 spiro atoms. The first-order valence-corrected chi connectivity index (χ1v) is 5.75. The van der Waals surface area contributed by atoms with Crippen LogP contribution in [0.5, 0.6) is 0 Å². The first kappa shape index (κ1) is 12.1. The molecule has 0 aromatic carbocycles. The minimum atomic E-state index is -0.298. The van der Waals surface area contributed by atoms with E-state index >= 15 is 0 Å². The highest BCUT2D eigenvalue weighted by atomic mass is 35.5. The molecule has 7 heteroatoms. The number of rotatable bonds is 3. The van der Waals surface area contributed by atoms with Crippen LogP contribution in [0.25, 0.3) is 11.0 Å². The molecule has 0 atom stereocenters. The van der Waals surface area contributed by atoms with Crippen LogP contribution in [0, 0.1) is 4.77 Å². The Morgan fingerprint density at radius 1 is 1.65 bits per heavy atom. The van der Waals surface area contributed by atoms with Gasteiger partial charge in [0, 0.05) is 19.5 Å². The molecule has 0 aliphatic rings. The second-order valence-electron chi connectivity index (χ2n) is 3.48. The van der Waals surface area contributed by atoms with Crippen molar-refractivity contribution in [1.29, 1.82) is 0 Å². The Balaban J connectivity index is 2.29. The number of carbonyl (C=O) groups is 1. The summed E-state index contributed by atoms with van der Waals surface area (Å²) in [5.41, 5.74) is 1.57. The van der Waals surface area contributed by atoms with Gasteiger partial charge in [-0.1, -0.05) is 11.6 Å². The third-order valence-electron chi connectivity index (χ3n) is 2.27. The highest BCUT2D eigenvalue weighted by Gasteiger charge is 2.09. The van der Waals surface area contributed by atoms with E-state index in [-0.39, 0.29) is 5.97 Å². The van der Waals surface area contributed by atoms with E-state index in [1.54, 1.807) is 6.20 Å². The number of fused-ring (bicyclic) bond motifs is 1. The van der Waals surface area contributed by atoms with E-state index in [9.17, 15) is 4.79 Å². The van der Waals surface area contributed by atoms with E-state index in [0.29, 0.717) is 28.6 Å². The quantitative estimate of drug-likeness (QED) is 0.511. The number of halogens is 1. The summed E-state index contributed by atoms with van der Waals surface area (Å²) < 4.78 is 5.21. The van der Waals surface area contributed by atoms with Crippen LogP contribution < -0.4 is 0 Å². The van der Waals surface area contributed by atoms with Gasteiger partial charge in [0.25, 0.3) is 0 Å². The topological polar surface area (TPSA) is 70.8 Å². The summed E-state index contributed by atoms with van der Waals surface area (Å²) in [6.07, 6.45) is 2.36.